The minimum atomic E-state index is 0.674. The molecule has 0 saturated carbocycles. The van der Waals surface area contributed by atoms with Crippen molar-refractivity contribution < 1.29 is 4.79 Å². The smallest absolute Gasteiger partial charge is 0.150 e. The lowest BCUT2D eigenvalue weighted by Crippen LogP contribution is -1.88. The predicted octanol–water partition coefficient (Wildman–Crippen LogP) is 1.90. The maximum Gasteiger partial charge on any atom is 0.150 e. The van der Waals surface area contributed by atoms with Crippen molar-refractivity contribution in [2.24, 2.45) is 7.05 Å². The number of aryl methyl sites for hydroxylation is 1. The van der Waals surface area contributed by atoms with Gasteiger partial charge in [-0.25, -0.2) is 0 Å². The van der Waals surface area contributed by atoms with Crippen molar-refractivity contribution in [2.45, 2.75) is 0 Å². The molecule has 0 radical (unpaired) electrons. The quantitative estimate of drug-likeness (QED) is 0.671. The number of hydrogen-bond donors (Lipinski definition) is 0. The van der Waals surface area contributed by atoms with Gasteiger partial charge in [0.1, 0.15) is 6.29 Å². The molecule has 1 heterocycles. The number of aromatic nitrogens is 2. The number of aldehydes is 1. The zero-order valence-electron chi connectivity index (χ0n) is 7.84. The molecule has 3 nitrogen and oxygen atoms in total. The van der Waals surface area contributed by atoms with E-state index in [9.17, 15) is 4.79 Å². The van der Waals surface area contributed by atoms with Crippen LogP contribution in [0.15, 0.2) is 36.5 Å². The van der Waals surface area contributed by atoms with Crippen LogP contribution in [0.2, 0.25) is 0 Å². The fourth-order valence-corrected chi connectivity index (χ4v) is 1.34. The van der Waals surface area contributed by atoms with Gasteiger partial charge >= 0.3 is 0 Å². The van der Waals surface area contributed by atoms with Gasteiger partial charge in [-0.15, -0.1) is 0 Å². The Morgan fingerprint density at radius 3 is 2.86 bits per heavy atom. The number of benzene rings is 1. The SMILES string of the molecule is Cn1ccc(-c2cccc(C=O)c2)n1. The summed E-state index contributed by atoms with van der Waals surface area (Å²) in [5.74, 6) is 0. The molecule has 3 heteroatoms. The Morgan fingerprint density at radius 2 is 2.21 bits per heavy atom. The molecule has 0 spiro atoms. The van der Waals surface area contributed by atoms with Gasteiger partial charge in [0, 0.05) is 24.4 Å². The summed E-state index contributed by atoms with van der Waals surface area (Å²) >= 11 is 0. The van der Waals surface area contributed by atoms with Crippen molar-refractivity contribution in [3.63, 3.8) is 0 Å². The largest absolute Gasteiger partial charge is 0.298 e. The average Bonchev–Trinajstić information content (AvgIpc) is 2.65. The molecule has 2 aromatic rings. The first-order valence-corrected chi connectivity index (χ1v) is 4.35. The Hall–Kier alpha value is -1.90. The summed E-state index contributed by atoms with van der Waals surface area (Å²) in [6.07, 6.45) is 2.72. The summed E-state index contributed by atoms with van der Waals surface area (Å²) in [5, 5.41) is 4.26. The van der Waals surface area contributed by atoms with E-state index < -0.39 is 0 Å². The molecular formula is C11H10N2O. The zero-order valence-corrected chi connectivity index (χ0v) is 7.84. The lowest BCUT2D eigenvalue weighted by atomic mass is 10.1. The summed E-state index contributed by atoms with van der Waals surface area (Å²) in [7, 11) is 1.87. The van der Waals surface area contributed by atoms with Gasteiger partial charge in [-0.2, -0.15) is 5.10 Å². The number of hydrogen-bond acceptors (Lipinski definition) is 2. The molecule has 1 aromatic carbocycles. The summed E-state index contributed by atoms with van der Waals surface area (Å²) in [5.41, 5.74) is 2.53. The van der Waals surface area contributed by atoms with Crippen LogP contribution in [0.1, 0.15) is 10.4 Å². The van der Waals surface area contributed by atoms with Gasteiger partial charge in [-0.3, -0.25) is 9.48 Å². The van der Waals surface area contributed by atoms with E-state index in [1.807, 2.05) is 37.5 Å². The van der Waals surface area contributed by atoms with E-state index in [0.29, 0.717) is 5.56 Å². The van der Waals surface area contributed by atoms with E-state index in [0.717, 1.165) is 17.5 Å². The zero-order chi connectivity index (χ0) is 9.97. The van der Waals surface area contributed by atoms with Crippen LogP contribution >= 0.6 is 0 Å². The van der Waals surface area contributed by atoms with Crippen molar-refractivity contribution >= 4 is 6.29 Å². The highest BCUT2D eigenvalue weighted by atomic mass is 16.1. The Balaban J connectivity index is 2.46. The Labute approximate surface area is 82.0 Å². The van der Waals surface area contributed by atoms with Crippen molar-refractivity contribution in [3.05, 3.63) is 42.1 Å². The van der Waals surface area contributed by atoms with Gasteiger partial charge < -0.3 is 0 Å². The summed E-state index contributed by atoms with van der Waals surface area (Å²) < 4.78 is 1.74. The first kappa shape index (κ1) is 8.69. The van der Waals surface area contributed by atoms with Crippen LogP contribution in [0.3, 0.4) is 0 Å². The number of carbonyl (C=O) groups excluding carboxylic acids is 1. The summed E-state index contributed by atoms with van der Waals surface area (Å²) in [6.45, 7) is 0. The molecule has 0 N–H and O–H groups in total. The number of nitrogens with zero attached hydrogens (tertiary/aromatic N) is 2. The fraction of sp³-hybridized carbons (Fsp3) is 0.0909. The van der Waals surface area contributed by atoms with E-state index in [2.05, 4.69) is 5.10 Å². The van der Waals surface area contributed by atoms with Crippen LogP contribution < -0.4 is 0 Å². The molecule has 0 aliphatic rings. The lowest BCUT2D eigenvalue weighted by Gasteiger charge is -1.96. The molecule has 0 saturated heterocycles. The molecule has 0 bridgehead atoms. The highest BCUT2D eigenvalue weighted by Gasteiger charge is 2.00. The molecule has 0 unspecified atom stereocenters. The maximum absolute atomic E-state index is 10.6. The summed E-state index contributed by atoms with van der Waals surface area (Å²) in [4.78, 5) is 10.6. The second-order valence-corrected chi connectivity index (χ2v) is 3.12. The van der Waals surface area contributed by atoms with Gasteiger partial charge in [0.25, 0.3) is 0 Å². The maximum atomic E-state index is 10.6. The Kier molecular flexibility index (Phi) is 2.14. The van der Waals surface area contributed by atoms with Crippen LogP contribution in [-0.4, -0.2) is 16.1 Å². The minimum absolute atomic E-state index is 0.674. The van der Waals surface area contributed by atoms with E-state index in [1.54, 1.807) is 10.7 Å². The predicted molar refractivity (Wildman–Crippen MR) is 54.0 cm³/mol. The fourth-order valence-electron chi connectivity index (χ4n) is 1.34. The van der Waals surface area contributed by atoms with Crippen LogP contribution in [0.4, 0.5) is 0 Å². The highest BCUT2D eigenvalue weighted by Crippen LogP contribution is 2.17. The van der Waals surface area contributed by atoms with Crippen molar-refractivity contribution in [2.75, 3.05) is 0 Å². The molecule has 1 aromatic heterocycles. The molecular weight excluding hydrogens is 176 g/mol. The minimum Gasteiger partial charge on any atom is -0.298 e. The molecule has 0 atom stereocenters. The van der Waals surface area contributed by atoms with E-state index >= 15 is 0 Å². The topological polar surface area (TPSA) is 34.9 Å². The third-order valence-electron chi connectivity index (χ3n) is 2.03. The third-order valence-corrected chi connectivity index (χ3v) is 2.03. The third kappa shape index (κ3) is 1.57. The molecule has 0 fully saturated rings. The van der Waals surface area contributed by atoms with Gasteiger partial charge in [0.2, 0.25) is 0 Å². The first-order chi connectivity index (χ1) is 6.79. The molecule has 0 aliphatic carbocycles. The molecule has 2 rings (SSSR count). The van der Waals surface area contributed by atoms with Gasteiger partial charge in [0.15, 0.2) is 0 Å². The van der Waals surface area contributed by atoms with Crippen molar-refractivity contribution in [1.29, 1.82) is 0 Å². The van der Waals surface area contributed by atoms with Crippen molar-refractivity contribution in [1.82, 2.24) is 9.78 Å². The normalized spacial score (nSPS) is 10.1. The molecule has 0 amide bonds. The Morgan fingerprint density at radius 1 is 1.36 bits per heavy atom. The van der Waals surface area contributed by atoms with Gasteiger partial charge in [0.05, 0.1) is 5.69 Å². The van der Waals surface area contributed by atoms with Crippen molar-refractivity contribution in [3.8, 4) is 11.3 Å². The van der Waals surface area contributed by atoms with Gasteiger partial charge in [-0.1, -0.05) is 18.2 Å². The Bertz CT molecular complexity index is 460. The highest BCUT2D eigenvalue weighted by molar-refractivity contribution is 5.78. The van der Waals surface area contributed by atoms with Crippen LogP contribution in [0, 0.1) is 0 Å². The standard InChI is InChI=1S/C11H10N2O/c1-13-6-5-11(12-13)10-4-2-3-9(7-10)8-14/h2-8H,1H3. The molecule has 14 heavy (non-hydrogen) atoms. The lowest BCUT2D eigenvalue weighted by molar-refractivity contribution is 0.112. The molecule has 0 aliphatic heterocycles. The number of carbonyl (C=O) groups is 1. The van der Waals surface area contributed by atoms with E-state index in [1.165, 1.54) is 0 Å². The average molecular weight is 186 g/mol. The van der Waals surface area contributed by atoms with E-state index in [4.69, 9.17) is 0 Å². The van der Waals surface area contributed by atoms with Gasteiger partial charge in [-0.05, 0) is 12.1 Å². The number of rotatable bonds is 2. The second-order valence-electron chi connectivity index (χ2n) is 3.12. The second kappa shape index (κ2) is 3.46. The van der Waals surface area contributed by atoms with Crippen LogP contribution in [0.25, 0.3) is 11.3 Å². The monoisotopic (exact) mass is 186 g/mol. The first-order valence-electron chi connectivity index (χ1n) is 4.35. The summed E-state index contributed by atoms with van der Waals surface area (Å²) in [6, 6.07) is 9.32. The van der Waals surface area contributed by atoms with Crippen LogP contribution in [-0.2, 0) is 7.05 Å². The van der Waals surface area contributed by atoms with Crippen LogP contribution in [0.5, 0.6) is 0 Å². The van der Waals surface area contributed by atoms with E-state index in [-0.39, 0.29) is 0 Å². The molecule has 70 valence electrons.